The number of benzene rings is 2. The molecule has 0 aliphatic carbocycles. The van der Waals surface area contributed by atoms with Gasteiger partial charge in [-0.05, 0) is 50.1 Å². The normalized spacial score (nSPS) is 13.9. The maximum absolute atomic E-state index is 4.27. The Morgan fingerprint density at radius 3 is 1.86 bits per heavy atom. The van der Waals surface area contributed by atoms with E-state index < -0.39 is 0 Å². The molecule has 106 valence electrons. The highest BCUT2D eigenvalue weighted by molar-refractivity contribution is 9.11. The predicted molar refractivity (Wildman–Crippen MR) is 95.3 cm³/mol. The van der Waals surface area contributed by atoms with Crippen molar-refractivity contribution in [3.63, 3.8) is 0 Å². The van der Waals surface area contributed by atoms with Crippen molar-refractivity contribution in [3.8, 4) is 0 Å². The molecule has 1 aliphatic heterocycles. The first-order chi connectivity index (χ1) is 10.2. The minimum absolute atomic E-state index is 0.644. The maximum atomic E-state index is 4.27. The summed E-state index contributed by atoms with van der Waals surface area (Å²) in [4.78, 5) is 0. The summed E-state index contributed by atoms with van der Waals surface area (Å²) in [6.07, 6.45) is 0. The second kappa shape index (κ2) is 6.29. The molecular formula is C14H9Br3N4. The van der Waals surface area contributed by atoms with E-state index in [1.165, 1.54) is 0 Å². The monoisotopic (exact) mass is 470 g/mol. The summed E-state index contributed by atoms with van der Waals surface area (Å²) in [5.41, 5.74) is 8.02. The minimum Gasteiger partial charge on any atom is -0.281 e. The van der Waals surface area contributed by atoms with Gasteiger partial charge in [0.25, 0.3) is 0 Å². The standard InChI is InChI=1S/C14H9Br3N4/c15-9-5-2-1-4-8(9)13-18-20-14(21-19-13)12-10(16)6-3-7-11(12)17/h1-7H,(H,18,19)(H,20,21). The topological polar surface area (TPSA) is 48.8 Å². The Morgan fingerprint density at radius 2 is 1.24 bits per heavy atom. The Kier molecular flexibility index (Phi) is 4.42. The number of amidine groups is 2. The second-order valence-electron chi connectivity index (χ2n) is 4.22. The molecule has 0 spiro atoms. The van der Waals surface area contributed by atoms with Crippen molar-refractivity contribution in [2.45, 2.75) is 0 Å². The molecule has 2 aromatic rings. The van der Waals surface area contributed by atoms with Crippen molar-refractivity contribution in [2.75, 3.05) is 0 Å². The lowest BCUT2D eigenvalue weighted by molar-refractivity contribution is 0.824. The van der Waals surface area contributed by atoms with Gasteiger partial charge < -0.3 is 0 Å². The lowest BCUT2D eigenvalue weighted by atomic mass is 10.2. The van der Waals surface area contributed by atoms with E-state index in [4.69, 9.17) is 0 Å². The van der Waals surface area contributed by atoms with E-state index in [1.54, 1.807) is 0 Å². The van der Waals surface area contributed by atoms with E-state index in [0.717, 1.165) is 24.5 Å². The zero-order chi connectivity index (χ0) is 14.8. The van der Waals surface area contributed by atoms with Gasteiger partial charge in [0.2, 0.25) is 0 Å². The molecule has 3 rings (SSSR count). The van der Waals surface area contributed by atoms with Crippen LogP contribution in [0.2, 0.25) is 0 Å². The van der Waals surface area contributed by atoms with Crippen LogP contribution in [0.5, 0.6) is 0 Å². The molecule has 0 unspecified atom stereocenters. The molecule has 0 fully saturated rings. The minimum atomic E-state index is 0.644. The highest BCUT2D eigenvalue weighted by atomic mass is 79.9. The number of hydrogen-bond donors (Lipinski definition) is 2. The third kappa shape index (κ3) is 3.04. The predicted octanol–water partition coefficient (Wildman–Crippen LogP) is 4.19. The van der Waals surface area contributed by atoms with Crippen molar-refractivity contribution in [1.82, 2.24) is 10.9 Å². The largest absolute Gasteiger partial charge is 0.281 e. The van der Waals surface area contributed by atoms with Crippen LogP contribution in [0.1, 0.15) is 11.1 Å². The number of hydrazine groups is 1. The quantitative estimate of drug-likeness (QED) is 0.688. The molecule has 7 heteroatoms. The molecule has 0 aromatic heterocycles. The molecule has 0 bridgehead atoms. The Bertz CT molecular complexity index is 735. The lowest BCUT2D eigenvalue weighted by Crippen LogP contribution is -2.45. The SMILES string of the molecule is Brc1ccccc1C1=NN=C(c2c(Br)cccc2Br)NN1. The van der Waals surface area contributed by atoms with E-state index in [2.05, 4.69) is 68.8 Å². The van der Waals surface area contributed by atoms with Crippen LogP contribution in [0.25, 0.3) is 0 Å². The summed E-state index contributed by atoms with van der Waals surface area (Å²) in [5, 5.41) is 8.53. The van der Waals surface area contributed by atoms with Gasteiger partial charge in [0.15, 0.2) is 11.7 Å². The van der Waals surface area contributed by atoms with E-state index >= 15 is 0 Å². The van der Waals surface area contributed by atoms with Gasteiger partial charge in [-0.2, -0.15) is 0 Å². The van der Waals surface area contributed by atoms with Crippen LogP contribution < -0.4 is 10.9 Å². The van der Waals surface area contributed by atoms with E-state index in [0.29, 0.717) is 11.7 Å². The molecule has 2 aromatic carbocycles. The van der Waals surface area contributed by atoms with E-state index in [-0.39, 0.29) is 0 Å². The van der Waals surface area contributed by atoms with E-state index in [9.17, 15) is 0 Å². The zero-order valence-corrected chi connectivity index (χ0v) is 15.3. The van der Waals surface area contributed by atoms with Gasteiger partial charge in [0, 0.05) is 24.5 Å². The number of hydrogen-bond acceptors (Lipinski definition) is 4. The smallest absolute Gasteiger partial charge is 0.176 e. The summed E-state index contributed by atoms with van der Waals surface area (Å²) in [5.74, 6) is 1.31. The first-order valence-corrected chi connectivity index (χ1v) is 8.41. The maximum Gasteiger partial charge on any atom is 0.176 e. The molecule has 2 N–H and O–H groups in total. The lowest BCUT2D eigenvalue weighted by Gasteiger charge is -2.19. The van der Waals surface area contributed by atoms with Crippen LogP contribution >= 0.6 is 47.8 Å². The second-order valence-corrected chi connectivity index (χ2v) is 6.79. The molecule has 4 nitrogen and oxygen atoms in total. The third-order valence-electron chi connectivity index (χ3n) is 2.88. The van der Waals surface area contributed by atoms with Crippen molar-refractivity contribution in [2.24, 2.45) is 10.2 Å². The van der Waals surface area contributed by atoms with Gasteiger partial charge in [0.1, 0.15) is 0 Å². The molecule has 0 saturated carbocycles. The molecule has 1 aliphatic rings. The highest BCUT2D eigenvalue weighted by Crippen LogP contribution is 2.26. The first kappa shape index (κ1) is 14.7. The summed E-state index contributed by atoms with van der Waals surface area (Å²) in [6.45, 7) is 0. The highest BCUT2D eigenvalue weighted by Gasteiger charge is 2.17. The van der Waals surface area contributed by atoms with Crippen LogP contribution in [0.15, 0.2) is 66.1 Å². The molecule has 0 saturated heterocycles. The van der Waals surface area contributed by atoms with Gasteiger partial charge in [-0.25, -0.2) is 0 Å². The fourth-order valence-electron chi connectivity index (χ4n) is 1.88. The van der Waals surface area contributed by atoms with Crippen molar-refractivity contribution in [3.05, 3.63) is 67.0 Å². The Labute approximate surface area is 147 Å². The van der Waals surface area contributed by atoms with Gasteiger partial charge in [0.05, 0.1) is 0 Å². The molecule has 0 amide bonds. The van der Waals surface area contributed by atoms with Crippen LogP contribution in [-0.2, 0) is 0 Å². The van der Waals surface area contributed by atoms with Crippen molar-refractivity contribution in [1.29, 1.82) is 0 Å². The Balaban J connectivity index is 1.98. The fourth-order valence-corrected chi connectivity index (χ4v) is 3.73. The molecule has 21 heavy (non-hydrogen) atoms. The fraction of sp³-hybridized carbons (Fsp3) is 0. The van der Waals surface area contributed by atoms with Gasteiger partial charge in [-0.3, -0.25) is 10.9 Å². The number of nitrogens with one attached hydrogen (secondary N) is 2. The van der Waals surface area contributed by atoms with Crippen molar-refractivity contribution < 1.29 is 0 Å². The Hall–Kier alpha value is -1.18. The van der Waals surface area contributed by atoms with Crippen LogP contribution in [0, 0.1) is 0 Å². The average molecular weight is 473 g/mol. The van der Waals surface area contributed by atoms with Crippen LogP contribution in [0.3, 0.4) is 0 Å². The summed E-state index contributed by atoms with van der Waals surface area (Å²) < 4.78 is 2.83. The summed E-state index contributed by atoms with van der Waals surface area (Å²) >= 11 is 10.5. The zero-order valence-electron chi connectivity index (χ0n) is 10.6. The van der Waals surface area contributed by atoms with Crippen molar-refractivity contribution >= 4 is 59.5 Å². The summed E-state index contributed by atoms with van der Waals surface area (Å²) in [7, 11) is 0. The average Bonchev–Trinajstić information content (AvgIpc) is 2.48. The van der Waals surface area contributed by atoms with Gasteiger partial charge in [-0.1, -0.05) is 40.2 Å². The third-order valence-corrected chi connectivity index (χ3v) is 4.89. The molecule has 0 atom stereocenters. The first-order valence-electron chi connectivity index (χ1n) is 6.04. The molecule has 1 heterocycles. The Morgan fingerprint density at radius 1 is 0.667 bits per heavy atom. The van der Waals surface area contributed by atoms with Gasteiger partial charge >= 0.3 is 0 Å². The van der Waals surface area contributed by atoms with Gasteiger partial charge in [-0.15, -0.1) is 10.2 Å². The van der Waals surface area contributed by atoms with E-state index in [1.807, 2.05) is 42.5 Å². The molecular weight excluding hydrogens is 464 g/mol. The number of halogens is 3. The summed E-state index contributed by atoms with van der Waals surface area (Å²) in [6, 6.07) is 13.7. The molecule has 0 radical (unpaired) electrons. The van der Waals surface area contributed by atoms with Crippen LogP contribution in [0.4, 0.5) is 0 Å². The van der Waals surface area contributed by atoms with Crippen LogP contribution in [-0.4, -0.2) is 11.7 Å². The number of rotatable bonds is 2. The number of nitrogens with zero attached hydrogens (tertiary/aromatic N) is 2.